The first-order valence-corrected chi connectivity index (χ1v) is 4.95. The van der Waals surface area contributed by atoms with Crippen molar-refractivity contribution in [2.75, 3.05) is 13.1 Å². The first kappa shape index (κ1) is 10.9. The molecule has 0 aromatic rings. The number of rotatable bonds is 4. The Labute approximate surface area is 77.9 Å². The molecular formula is C9H18F2N2. The molecule has 1 aliphatic rings. The third-order valence-corrected chi connectivity index (χ3v) is 2.75. The molecule has 1 aliphatic carbocycles. The van der Waals surface area contributed by atoms with E-state index < -0.39 is 6.43 Å². The molecule has 2 unspecified atom stereocenters. The smallest absolute Gasteiger partial charge is 0.250 e. The van der Waals surface area contributed by atoms with E-state index in [0.29, 0.717) is 12.5 Å². The molecule has 1 rings (SSSR count). The van der Waals surface area contributed by atoms with Crippen molar-refractivity contribution in [2.45, 2.75) is 38.2 Å². The number of nitrogens with one attached hydrogen (secondary N) is 1. The Bertz CT molecular complexity index is 142. The lowest BCUT2D eigenvalue weighted by Crippen LogP contribution is -2.43. The average Bonchev–Trinajstić information content (AvgIpc) is 2.15. The van der Waals surface area contributed by atoms with Gasteiger partial charge >= 0.3 is 0 Å². The summed E-state index contributed by atoms with van der Waals surface area (Å²) in [6, 6.07) is 0.216. The molecule has 3 N–H and O–H groups in total. The van der Waals surface area contributed by atoms with E-state index in [9.17, 15) is 8.78 Å². The van der Waals surface area contributed by atoms with E-state index in [1.807, 2.05) is 0 Å². The van der Waals surface area contributed by atoms with E-state index >= 15 is 0 Å². The molecule has 0 saturated heterocycles. The van der Waals surface area contributed by atoms with Crippen LogP contribution in [0.5, 0.6) is 0 Å². The second-order valence-corrected chi connectivity index (χ2v) is 3.69. The fraction of sp³-hybridized carbons (Fsp3) is 1.00. The summed E-state index contributed by atoms with van der Waals surface area (Å²) in [7, 11) is 0. The molecule has 13 heavy (non-hydrogen) atoms. The van der Waals surface area contributed by atoms with Gasteiger partial charge in [0.25, 0.3) is 6.43 Å². The van der Waals surface area contributed by atoms with E-state index in [-0.39, 0.29) is 12.6 Å². The van der Waals surface area contributed by atoms with Crippen LogP contribution < -0.4 is 11.1 Å². The van der Waals surface area contributed by atoms with Gasteiger partial charge in [0.2, 0.25) is 0 Å². The summed E-state index contributed by atoms with van der Waals surface area (Å²) in [5.74, 6) is 0.396. The van der Waals surface area contributed by atoms with Gasteiger partial charge in [-0.05, 0) is 25.3 Å². The molecule has 1 fully saturated rings. The zero-order valence-corrected chi connectivity index (χ0v) is 7.81. The molecule has 4 heteroatoms. The third-order valence-electron chi connectivity index (χ3n) is 2.75. The van der Waals surface area contributed by atoms with Crippen LogP contribution in [-0.2, 0) is 0 Å². The molecule has 0 aromatic carbocycles. The van der Waals surface area contributed by atoms with E-state index in [1.165, 1.54) is 6.42 Å². The molecule has 1 saturated carbocycles. The van der Waals surface area contributed by atoms with E-state index in [2.05, 4.69) is 5.32 Å². The molecule has 2 nitrogen and oxygen atoms in total. The number of nitrogens with two attached hydrogens (primary N) is 1. The Balaban J connectivity index is 2.27. The third kappa shape index (κ3) is 3.56. The van der Waals surface area contributed by atoms with Crippen LogP contribution in [0.4, 0.5) is 8.78 Å². The number of hydrogen-bond acceptors (Lipinski definition) is 2. The van der Waals surface area contributed by atoms with Crippen molar-refractivity contribution in [2.24, 2.45) is 11.7 Å². The van der Waals surface area contributed by atoms with E-state index in [1.54, 1.807) is 0 Å². The van der Waals surface area contributed by atoms with Crippen molar-refractivity contribution >= 4 is 0 Å². The van der Waals surface area contributed by atoms with Crippen LogP contribution in [0.3, 0.4) is 0 Å². The first-order valence-electron chi connectivity index (χ1n) is 4.95. The maximum Gasteiger partial charge on any atom is 0.250 e. The normalized spacial score (nSPS) is 29.5. The fourth-order valence-electron chi connectivity index (χ4n) is 2.00. The van der Waals surface area contributed by atoms with Gasteiger partial charge in [0.05, 0.1) is 6.54 Å². The van der Waals surface area contributed by atoms with Crippen LogP contribution >= 0.6 is 0 Å². The molecule has 0 bridgehead atoms. The van der Waals surface area contributed by atoms with Crippen molar-refractivity contribution in [3.05, 3.63) is 0 Å². The summed E-state index contributed by atoms with van der Waals surface area (Å²) in [5, 5.41) is 2.89. The molecule has 0 aromatic heterocycles. The number of halogens is 2. The molecule has 0 heterocycles. The van der Waals surface area contributed by atoms with Gasteiger partial charge in [0.1, 0.15) is 0 Å². The quantitative estimate of drug-likeness (QED) is 0.705. The van der Waals surface area contributed by atoms with E-state index in [4.69, 9.17) is 5.73 Å². The average molecular weight is 192 g/mol. The van der Waals surface area contributed by atoms with Gasteiger partial charge in [-0.2, -0.15) is 0 Å². The van der Waals surface area contributed by atoms with E-state index in [0.717, 1.165) is 19.3 Å². The van der Waals surface area contributed by atoms with Crippen LogP contribution in [0.2, 0.25) is 0 Å². The Morgan fingerprint density at radius 3 is 2.62 bits per heavy atom. The molecule has 0 radical (unpaired) electrons. The Kier molecular flexibility index (Phi) is 4.59. The van der Waals surface area contributed by atoms with Crippen LogP contribution in [0.1, 0.15) is 25.7 Å². The van der Waals surface area contributed by atoms with Crippen LogP contribution in [-0.4, -0.2) is 25.6 Å². The van der Waals surface area contributed by atoms with Gasteiger partial charge < -0.3 is 11.1 Å². The van der Waals surface area contributed by atoms with Gasteiger partial charge in [-0.25, -0.2) is 8.78 Å². The lowest BCUT2D eigenvalue weighted by atomic mass is 9.84. The molecule has 2 atom stereocenters. The summed E-state index contributed by atoms with van der Waals surface area (Å²) in [6.07, 6.45) is 2.15. The molecule has 0 spiro atoms. The standard InChI is InChI=1S/C9H18F2N2/c10-9(11)6-13-8-4-2-1-3-7(8)5-12/h7-9,13H,1-6,12H2. The number of hydrogen-bond donors (Lipinski definition) is 2. The lowest BCUT2D eigenvalue weighted by Gasteiger charge is -2.31. The number of alkyl halides is 2. The van der Waals surface area contributed by atoms with Crippen molar-refractivity contribution in [1.82, 2.24) is 5.32 Å². The van der Waals surface area contributed by atoms with Gasteiger partial charge in [-0.1, -0.05) is 12.8 Å². The Morgan fingerprint density at radius 2 is 2.00 bits per heavy atom. The summed E-state index contributed by atoms with van der Waals surface area (Å²) < 4.78 is 23.9. The van der Waals surface area contributed by atoms with Crippen LogP contribution in [0, 0.1) is 5.92 Å². The highest BCUT2D eigenvalue weighted by atomic mass is 19.3. The Morgan fingerprint density at radius 1 is 1.31 bits per heavy atom. The van der Waals surface area contributed by atoms with Crippen molar-refractivity contribution in [3.63, 3.8) is 0 Å². The maximum absolute atomic E-state index is 11.9. The predicted octanol–water partition coefficient (Wildman–Crippen LogP) is 1.36. The Hall–Kier alpha value is -0.220. The van der Waals surface area contributed by atoms with Crippen LogP contribution in [0.25, 0.3) is 0 Å². The molecule has 0 amide bonds. The fourth-order valence-corrected chi connectivity index (χ4v) is 2.00. The summed E-state index contributed by atoms with van der Waals surface area (Å²) in [6.45, 7) is 0.419. The molecular weight excluding hydrogens is 174 g/mol. The van der Waals surface area contributed by atoms with Gasteiger partial charge in [-0.3, -0.25) is 0 Å². The van der Waals surface area contributed by atoms with Crippen molar-refractivity contribution in [1.29, 1.82) is 0 Å². The molecule has 78 valence electrons. The maximum atomic E-state index is 11.9. The van der Waals surface area contributed by atoms with Gasteiger partial charge in [0.15, 0.2) is 0 Å². The summed E-state index contributed by atoms with van der Waals surface area (Å²) in [4.78, 5) is 0. The van der Waals surface area contributed by atoms with Crippen LogP contribution in [0.15, 0.2) is 0 Å². The second-order valence-electron chi connectivity index (χ2n) is 3.69. The topological polar surface area (TPSA) is 38.0 Å². The first-order chi connectivity index (χ1) is 6.24. The monoisotopic (exact) mass is 192 g/mol. The SMILES string of the molecule is NCC1CCCCC1NCC(F)F. The van der Waals surface area contributed by atoms with Crippen molar-refractivity contribution in [3.8, 4) is 0 Å². The summed E-state index contributed by atoms with van der Waals surface area (Å²) in [5.41, 5.74) is 5.57. The minimum absolute atomic E-state index is 0.193. The molecule has 0 aliphatic heterocycles. The highest BCUT2D eigenvalue weighted by Crippen LogP contribution is 2.23. The van der Waals surface area contributed by atoms with Gasteiger partial charge in [0, 0.05) is 6.04 Å². The summed E-state index contributed by atoms with van der Waals surface area (Å²) >= 11 is 0. The predicted molar refractivity (Wildman–Crippen MR) is 48.8 cm³/mol. The minimum atomic E-state index is -2.25. The largest absolute Gasteiger partial charge is 0.330 e. The minimum Gasteiger partial charge on any atom is -0.330 e. The second kappa shape index (κ2) is 5.50. The lowest BCUT2D eigenvalue weighted by molar-refractivity contribution is 0.130. The highest BCUT2D eigenvalue weighted by molar-refractivity contribution is 4.81. The zero-order valence-electron chi connectivity index (χ0n) is 7.81. The zero-order chi connectivity index (χ0) is 9.68. The van der Waals surface area contributed by atoms with Gasteiger partial charge in [-0.15, -0.1) is 0 Å². The van der Waals surface area contributed by atoms with Crippen molar-refractivity contribution < 1.29 is 8.78 Å². The highest BCUT2D eigenvalue weighted by Gasteiger charge is 2.23.